The Morgan fingerprint density at radius 2 is 1.68 bits per heavy atom. The van der Waals surface area contributed by atoms with E-state index in [9.17, 15) is 5.11 Å². The summed E-state index contributed by atoms with van der Waals surface area (Å²) in [6.45, 7) is 2.10. The fraction of sp³-hybridized carbons (Fsp3) is 0.647. The van der Waals surface area contributed by atoms with Crippen LogP contribution < -0.4 is 0 Å². The second-order valence-electron chi connectivity index (χ2n) is 6.21. The molecule has 1 aromatic rings. The van der Waals surface area contributed by atoms with Crippen LogP contribution in [0.25, 0.3) is 0 Å². The van der Waals surface area contributed by atoms with Crippen LogP contribution >= 0.6 is 0 Å². The Labute approximate surface area is 116 Å². The van der Waals surface area contributed by atoms with E-state index in [4.69, 9.17) is 0 Å². The van der Waals surface area contributed by atoms with E-state index in [1.807, 2.05) is 0 Å². The largest absolute Gasteiger partial charge is 0.392 e. The molecule has 1 heterocycles. The molecule has 2 heteroatoms. The van der Waals surface area contributed by atoms with E-state index in [1.165, 1.54) is 44.2 Å². The lowest BCUT2D eigenvalue weighted by atomic mass is 9.81. The number of β-amino-alcohol motifs (C(OH)–C–C–N with tert-alkyl or cyclic N) is 1. The minimum Gasteiger partial charge on any atom is -0.392 e. The zero-order valence-corrected chi connectivity index (χ0v) is 11.7. The zero-order chi connectivity index (χ0) is 13.1. The van der Waals surface area contributed by atoms with Crippen LogP contribution in [-0.2, 0) is 0 Å². The van der Waals surface area contributed by atoms with Crippen molar-refractivity contribution in [2.45, 2.75) is 56.6 Å². The summed E-state index contributed by atoms with van der Waals surface area (Å²) in [6, 6.07) is 11.7. The van der Waals surface area contributed by atoms with Crippen LogP contribution in [0.15, 0.2) is 30.3 Å². The van der Waals surface area contributed by atoms with Crippen molar-refractivity contribution in [2.24, 2.45) is 0 Å². The fourth-order valence-electron chi connectivity index (χ4n) is 3.81. The van der Waals surface area contributed by atoms with Gasteiger partial charge in [-0.15, -0.1) is 0 Å². The molecule has 1 saturated carbocycles. The lowest BCUT2D eigenvalue weighted by Gasteiger charge is -2.40. The molecule has 0 unspecified atom stereocenters. The molecule has 0 aromatic heterocycles. The van der Waals surface area contributed by atoms with Gasteiger partial charge in [-0.05, 0) is 56.6 Å². The summed E-state index contributed by atoms with van der Waals surface area (Å²) < 4.78 is 0. The summed E-state index contributed by atoms with van der Waals surface area (Å²) in [6.07, 6.45) is 7.29. The number of nitrogens with zero attached hydrogens (tertiary/aromatic N) is 1. The molecule has 0 amide bonds. The average Bonchev–Trinajstić information content (AvgIpc) is 2.48. The number of benzene rings is 1. The van der Waals surface area contributed by atoms with Crippen molar-refractivity contribution >= 4 is 0 Å². The van der Waals surface area contributed by atoms with Crippen molar-refractivity contribution in [3.05, 3.63) is 35.9 Å². The molecule has 1 aliphatic carbocycles. The quantitative estimate of drug-likeness (QED) is 0.882. The SMILES string of the molecule is O[C@H]1CCCN(C2CCC(c3ccccc3)CC2)C1. The topological polar surface area (TPSA) is 23.5 Å². The van der Waals surface area contributed by atoms with E-state index < -0.39 is 0 Å². The molecule has 2 nitrogen and oxygen atoms in total. The summed E-state index contributed by atoms with van der Waals surface area (Å²) in [5.41, 5.74) is 1.51. The third-order valence-electron chi connectivity index (χ3n) is 4.91. The predicted molar refractivity (Wildman–Crippen MR) is 78.3 cm³/mol. The van der Waals surface area contributed by atoms with Crippen LogP contribution in [-0.4, -0.2) is 35.2 Å². The van der Waals surface area contributed by atoms with E-state index in [-0.39, 0.29) is 6.10 Å². The number of aliphatic hydroxyl groups excluding tert-OH is 1. The van der Waals surface area contributed by atoms with Crippen molar-refractivity contribution in [1.29, 1.82) is 0 Å². The van der Waals surface area contributed by atoms with Gasteiger partial charge in [0.2, 0.25) is 0 Å². The molecule has 104 valence electrons. The Bertz CT molecular complexity index is 384. The molecular formula is C17H25NO. The van der Waals surface area contributed by atoms with Gasteiger partial charge in [0.25, 0.3) is 0 Å². The van der Waals surface area contributed by atoms with Gasteiger partial charge in [0, 0.05) is 12.6 Å². The first kappa shape index (κ1) is 13.1. The standard InChI is InChI=1S/C17H25NO/c19-17-7-4-12-18(13-17)16-10-8-15(9-11-16)14-5-2-1-3-6-14/h1-3,5-6,15-17,19H,4,7-13H2/t15?,16?,17-/m0/s1. The Morgan fingerprint density at radius 3 is 2.37 bits per heavy atom. The molecule has 0 radical (unpaired) electrons. The molecule has 19 heavy (non-hydrogen) atoms. The lowest BCUT2D eigenvalue weighted by Crippen LogP contribution is -2.45. The number of hydrogen-bond acceptors (Lipinski definition) is 2. The maximum Gasteiger partial charge on any atom is 0.0667 e. The Morgan fingerprint density at radius 1 is 0.947 bits per heavy atom. The van der Waals surface area contributed by atoms with Gasteiger partial charge in [-0.2, -0.15) is 0 Å². The molecule has 1 saturated heterocycles. The van der Waals surface area contributed by atoms with E-state index in [1.54, 1.807) is 0 Å². The molecule has 0 spiro atoms. The van der Waals surface area contributed by atoms with Gasteiger partial charge in [0.15, 0.2) is 0 Å². The summed E-state index contributed by atoms with van der Waals surface area (Å²) in [7, 11) is 0. The van der Waals surface area contributed by atoms with Gasteiger partial charge in [-0.1, -0.05) is 30.3 Å². The molecule has 2 aliphatic rings. The third-order valence-corrected chi connectivity index (χ3v) is 4.91. The van der Waals surface area contributed by atoms with Crippen molar-refractivity contribution < 1.29 is 5.11 Å². The monoisotopic (exact) mass is 259 g/mol. The van der Waals surface area contributed by atoms with Crippen molar-refractivity contribution in [3.8, 4) is 0 Å². The van der Waals surface area contributed by atoms with Crippen LogP contribution in [0, 0.1) is 0 Å². The zero-order valence-electron chi connectivity index (χ0n) is 11.7. The minimum atomic E-state index is -0.0828. The first-order chi connectivity index (χ1) is 9.33. The highest BCUT2D eigenvalue weighted by atomic mass is 16.3. The number of rotatable bonds is 2. The van der Waals surface area contributed by atoms with Crippen molar-refractivity contribution in [1.82, 2.24) is 4.90 Å². The van der Waals surface area contributed by atoms with E-state index in [0.717, 1.165) is 24.9 Å². The molecule has 1 aromatic carbocycles. The van der Waals surface area contributed by atoms with Gasteiger partial charge in [-0.3, -0.25) is 4.90 Å². The fourth-order valence-corrected chi connectivity index (χ4v) is 3.81. The molecular weight excluding hydrogens is 234 g/mol. The highest BCUT2D eigenvalue weighted by Gasteiger charge is 2.29. The molecule has 1 atom stereocenters. The van der Waals surface area contributed by atoms with Gasteiger partial charge in [0.1, 0.15) is 0 Å². The number of piperidine rings is 1. The van der Waals surface area contributed by atoms with Gasteiger partial charge in [-0.25, -0.2) is 0 Å². The Hall–Kier alpha value is -0.860. The Balaban J connectivity index is 1.54. The molecule has 3 rings (SSSR count). The summed E-state index contributed by atoms with van der Waals surface area (Å²) in [5.74, 6) is 0.757. The highest BCUT2D eigenvalue weighted by Crippen LogP contribution is 2.35. The number of likely N-dealkylation sites (tertiary alicyclic amines) is 1. The molecule has 2 fully saturated rings. The Kier molecular flexibility index (Phi) is 4.19. The van der Waals surface area contributed by atoms with Crippen molar-refractivity contribution in [3.63, 3.8) is 0 Å². The first-order valence-corrected chi connectivity index (χ1v) is 7.80. The van der Waals surface area contributed by atoms with E-state index in [2.05, 4.69) is 35.2 Å². The first-order valence-electron chi connectivity index (χ1n) is 7.80. The normalized spacial score (nSPS) is 33.2. The predicted octanol–water partition coefficient (Wildman–Crippen LogP) is 3.17. The van der Waals surface area contributed by atoms with Crippen molar-refractivity contribution in [2.75, 3.05) is 13.1 Å². The molecule has 1 aliphatic heterocycles. The summed E-state index contributed by atoms with van der Waals surface area (Å²) in [4.78, 5) is 2.54. The van der Waals surface area contributed by atoms with Gasteiger partial charge < -0.3 is 5.11 Å². The second kappa shape index (κ2) is 6.06. The maximum absolute atomic E-state index is 9.80. The van der Waals surface area contributed by atoms with Gasteiger partial charge in [0.05, 0.1) is 6.10 Å². The van der Waals surface area contributed by atoms with Crippen LogP contribution in [0.4, 0.5) is 0 Å². The number of aliphatic hydroxyl groups is 1. The lowest BCUT2D eigenvalue weighted by molar-refractivity contribution is 0.0344. The highest BCUT2D eigenvalue weighted by molar-refractivity contribution is 5.20. The van der Waals surface area contributed by atoms with E-state index in [0.29, 0.717) is 0 Å². The van der Waals surface area contributed by atoms with E-state index >= 15 is 0 Å². The summed E-state index contributed by atoms with van der Waals surface area (Å²) in [5, 5.41) is 9.80. The molecule has 0 bridgehead atoms. The van der Waals surface area contributed by atoms with Crippen LogP contribution in [0.3, 0.4) is 0 Å². The maximum atomic E-state index is 9.80. The van der Waals surface area contributed by atoms with Gasteiger partial charge >= 0.3 is 0 Å². The van der Waals surface area contributed by atoms with Crippen LogP contribution in [0.5, 0.6) is 0 Å². The van der Waals surface area contributed by atoms with Crippen LogP contribution in [0.2, 0.25) is 0 Å². The number of hydrogen-bond donors (Lipinski definition) is 1. The molecule has 1 N–H and O–H groups in total. The third kappa shape index (κ3) is 3.18. The minimum absolute atomic E-state index is 0.0828. The average molecular weight is 259 g/mol. The smallest absolute Gasteiger partial charge is 0.0667 e. The second-order valence-corrected chi connectivity index (χ2v) is 6.21. The van der Waals surface area contributed by atoms with Crippen LogP contribution in [0.1, 0.15) is 50.0 Å². The summed E-state index contributed by atoms with van der Waals surface area (Å²) >= 11 is 0.